The Bertz CT molecular complexity index is 769. The van der Waals surface area contributed by atoms with Gasteiger partial charge < -0.3 is 20.4 Å². The molecule has 4 N–H and O–H groups in total. The summed E-state index contributed by atoms with van der Waals surface area (Å²) in [5.74, 6) is 0.387. The Hall–Kier alpha value is -1.97. The Morgan fingerprint density at radius 3 is 2.58 bits per heavy atom. The fraction of sp³-hybridized carbons (Fsp3) is 0.533. The minimum Gasteiger partial charge on any atom is -0.400 e. The molecule has 0 amide bonds. The average molecular weight is 330 g/mol. The Kier molecular flexibility index (Phi) is 4.10. The molecule has 2 aromatic rings. The first kappa shape index (κ1) is 16.9. The molecule has 0 radical (unpaired) electrons. The summed E-state index contributed by atoms with van der Waals surface area (Å²) in [7, 11) is 1.42. The van der Waals surface area contributed by atoms with E-state index in [2.05, 4.69) is 25.5 Å². The lowest BCUT2D eigenvalue weighted by Crippen LogP contribution is -2.41. The summed E-state index contributed by atoms with van der Waals surface area (Å²) in [6.07, 6.45) is 3.34. The number of hydrogen-bond acceptors (Lipinski definition) is 7. The Balaban J connectivity index is 2.01. The van der Waals surface area contributed by atoms with Gasteiger partial charge in [-0.05, 0) is 46.3 Å². The van der Waals surface area contributed by atoms with Crippen LogP contribution in [0.3, 0.4) is 0 Å². The van der Waals surface area contributed by atoms with Gasteiger partial charge in [-0.1, -0.05) is 0 Å². The summed E-state index contributed by atoms with van der Waals surface area (Å²) in [5, 5.41) is 11.0. The van der Waals surface area contributed by atoms with Gasteiger partial charge in [0.1, 0.15) is 12.1 Å². The highest BCUT2D eigenvalue weighted by molar-refractivity contribution is 6.56. The standard InChI is InChI=1S/C15H23BN6O2/c1-14(2)15(3,4)24-16(23-14)9(7-18-5)6-10-11-12(17)19-8-20-13(11)22-21-10/h6,8,18H,7H2,1-5H3,(H3,17,19,20,21,22). The molecular weight excluding hydrogens is 307 g/mol. The minimum atomic E-state index is -0.452. The number of nitrogens with two attached hydrogens (primary N) is 1. The quantitative estimate of drug-likeness (QED) is 0.722. The molecule has 1 fully saturated rings. The first-order chi connectivity index (χ1) is 11.2. The topological polar surface area (TPSA) is 111 Å². The molecule has 0 aliphatic carbocycles. The lowest BCUT2D eigenvalue weighted by Gasteiger charge is -2.32. The van der Waals surface area contributed by atoms with Crippen molar-refractivity contribution in [2.45, 2.75) is 38.9 Å². The van der Waals surface area contributed by atoms with Gasteiger partial charge in [0.05, 0.1) is 22.3 Å². The summed E-state index contributed by atoms with van der Waals surface area (Å²) in [6.45, 7) is 8.72. The van der Waals surface area contributed by atoms with Crippen LogP contribution in [-0.4, -0.2) is 52.1 Å². The average Bonchev–Trinajstić information content (AvgIpc) is 2.98. The summed E-state index contributed by atoms with van der Waals surface area (Å²) in [6, 6.07) is 0. The van der Waals surface area contributed by atoms with Crippen molar-refractivity contribution >= 4 is 30.0 Å². The van der Waals surface area contributed by atoms with Gasteiger partial charge in [0.25, 0.3) is 0 Å². The minimum absolute atomic E-state index is 0.387. The van der Waals surface area contributed by atoms with Gasteiger partial charge in [-0.25, -0.2) is 9.97 Å². The first-order valence-corrected chi connectivity index (χ1v) is 7.90. The SMILES string of the molecule is CNCC(=Cc1[nH]nc2ncnc(N)c12)B1OC(C)(C)C(C)(C)O1. The van der Waals surface area contributed by atoms with E-state index < -0.39 is 18.3 Å². The number of aromatic nitrogens is 4. The third-order valence-corrected chi connectivity index (χ3v) is 4.67. The first-order valence-electron chi connectivity index (χ1n) is 7.90. The lowest BCUT2D eigenvalue weighted by atomic mass is 9.77. The van der Waals surface area contributed by atoms with E-state index in [1.807, 2.05) is 40.8 Å². The van der Waals surface area contributed by atoms with Crippen molar-refractivity contribution in [3.8, 4) is 0 Å². The second kappa shape index (κ2) is 5.84. The van der Waals surface area contributed by atoms with E-state index in [1.165, 1.54) is 6.33 Å². The maximum Gasteiger partial charge on any atom is 0.491 e. The number of likely N-dealkylation sites (N-methyl/N-ethyl adjacent to an activating group) is 1. The van der Waals surface area contributed by atoms with Crippen LogP contribution in [0, 0.1) is 0 Å². The second-order valence-electron chi connectivity index (χ2n) is 6.93. The van der Waals surface area contributed by atoms with Crippen LogP contribution in [0.4, 0.5) is 5.82 Å². The maximum absolute atomic E-state index is 6.14. The van der Waals surface area contributed by atoms with Crippen LogP contribution in [0.25, 0.3) is 17.1 Å². The number of rotatable bonds is 4. The zero-order chi connectivity index (χ0) is 17.5. The largest absolute Gasteiger partial charge is 0.491 e. The summed E-state index contributed by atoms with van der Waals surface area (Å²) < 4.78 is 12.3. The molecule has 0 bridgehead atoms. The highest BCUT2D eigenvalue weighted by Gasteiger charge is 2.52. The number of nitrogen functional groups attached to an aromatic ring is 1. The summed E-state index contributed by atoms with van der Waals surface area (Å²) in [5.41, 5.74) is 7.38. The molecule has 3 rings (SSSR count). The molecule has 9 heteroatoms. The van der Waals surface area contributed by atoms with Gasteiger partial charge >= 0.3 is 7.12 Å². The zero-order valence-electron chi connectivity index (χ0n) is 14.7. The number of anilines is 1. The van der Waals surface area contributed by atoms with Crippen molar-refractivity contribution in [2.24, 2.45) is 0 Å². The van der Waals surface area contributed by atoms with Gasteiger partial charge in [0.2, 0.25) is 0 Å². The molecule has 0 spiro atoms. The van der Waals surface area contributed by atoms with Crippen molar-refractivity contribution in [3.05, 3.63) is 17.5 Å². The molecule has 3 heterocycles. The van der Waals surface area contributed by atoms with Gasteiger partial charge in [0, 0.05) is 6.54 Å². The van der Waals surface area contributed by atoms with Crippen molar-refractivity contribution < 1.29 is 9.31 Å². The van der Waals surface area contributed by atoms with Crippen molar-refractivity contribution in [2.75, 3.05) is 19.3 Å². The van der Waals surface area contributed by atoms with E-state index in [0.717, 1.165) is 11.2 Å². The zero-order valence-corrected chi connectivity index (χ0v) is 14.7. The number of aromatic amines is 1. The molecule has 0 atom stereocenters. The van der Waals surface area contributed by atoms with E-state index in [-0.39, 0.29) is 0 Å². The summed E-state index contributed by atoms with van der Waals surface area (Å²) >= 11 is 0. The molecule has 128 valence electrons. The Morgan fingerprint density at radius 1 is 1.29 bits per heavy atom. The molecule has 1 aliphatic heterocycles. The van der Waals surface area contributed by atoms with Crippen LogP contribution >= 0.6 is 0 Å². The normalized spacial score (nSPS) is 20.0. The molecule has 0 aromatic carbocycles. The van der Waals surface area contributed by atoms with Crippen molar-refractivity contribution in [1.29, 1.82) is 0 Å². The smallest absolute Gasteiger partial charge is 0.400 e. The number of fused-ring (bicyclic) bond motifs is 1. The van der Waals surface area contributed by atoms with Gasteiger partial charge in [0.15, 0.2) is 5.65 Å². The Labute approximate surface area is 141 Å². The fourth-order valence-electron chi connectivity index (χ4n) is 2.59. The highest BCUT2D eigenvalue weighted by atomic mass is 16.7. The third-order valence-electron chi connectivity index (χ3n) is 4.67. The van der Waals surface area contributed by atoms with Crippen LogP contribution in [0.2, 0.25) is 0 Å². The van der Waals surface area contributed by atoms with Crippen LogP contribution in [-0.2, 0) is 9.31 Å². The van der Waals surface area contributed by atoms with E-state index in [9.17, 15) is 0 Å². The monoisotopic (exact) mass is 330 g/mol. The van der Waals surface area contributed by atoms with Crippen molar-refractivity contribution in [1.82, 2.24) is 25.5 Å². The molecule has 24 heavy (non-hydrogen) atoms. The number of nitrogens with zero attached hydrogens (tertiary/aromatic N) is 3. The third kappa shape index (κ3) is 2.79. The van der Waals surface area contributed by atoms with E-state index in [1.54, 1.807) is 0 Å². The van der Waals surface area contributed by atoms with Gasteiger partial charge in [-0.15, -0.1) is 0 Å². The maximum atomic E-state index is 6.14. The molecule has 1 saturated heterocycles. The van der Waals surface area contributed by atoms with Gasteiger partial charge in [-0.3, -0.25) is 5.10 Å². The Morgan fingerprint density at radius 2 is 1.96 bits per heavy atom. The van der Waals surface area contributed by atoms with Gasteiger partial charge in [-0.2, -0.15) is 5.10 Å². The number of nitrogens with one attached hydrogen (secondary N) is 2. The van der Waals surface area contributed by atoms with E-state index in [4.69, 9.17) is 15.0 Å². The lowest BCUT2D eigenvalue weighted by molar-refractivity contribution is 0.00578. The molecule has 8 nitrogen and oxygen atoms in total. The van der Waals surface area contributed by atoms with Crippen LogP contribution in [0.5, 0.6) is 0 Å². The molecule has 1 aliphatic rings. The second-order valence-corrected chi connectivity index (χ2v) is 6.93. The van der Waals surface area contributed by atoms with Crippen molar-refractivity contribution in [3.63, 3.8) is 0 Å². The molecule has 2 aromatic heterocycles. The van der Waals surface area contributed by atoms with Crippen LogP contribution < -0.4 is 11.1 Å². The predicted molar refractivity (Wildman–Crippen MR) is 94.1 cm³/mol. The number of H-pyrrole nitrogens is 1. The molecule has 0 saturated carbocycles. The molecule has 0 unspecified atom stereocenters. The van der Waals surface area contributed by atoms with E-state index >= 15 is 0 Å². The van der Waals surface area contributed by atoms with E-state index in [0.29, 0.717) is 23.4 Å². The number of hydrogen-bond donors (Lipinski definition) is 3. The fourth-order valence-corrected chi connectivity index (χ4v) is 2.59. The summed E-state index contributed by atoms with van der Waals surface area (Å²) in [4.78, 5) is 8.16. The predicted octanol–water partition coefficient (Wildman–Crippen LogP) is 1.17. The highest BCUT2D eigenvalue weighted by Crippen LogP contribution is 2.38. The van der Waals surface area contributed by atoms with Crippen LogP contribution in [0.15, 0.2) is 11.8 Å². The van der Waals surface area contributed by atoms with Crippen LogP contribution in [0.1, 0.15) is 33.4 Å². The molecular formula is C15H23BN6O2.